The fourth-order valence-electron chi connectivity index (χ4n) is 2.08. The molecule has 2 aromatic rings. The molecule has 0 unspecified atom stereocenters. The van der Waals surface area contributed by atoms with Crippen molar-refractivity contribution in [1.29, 1.82) is 0 Å². The highest BCUT2D eigenvalue weighted by atomic mass is 32.1. The smallest absolute Gasteiger partial charge is 0.220 e. The number of hydrogen-bond donors (Lipinski definition) is 1. The van der Waals surface area contributed by atoms with E-state index in [4.69, 9.17) is 0 Å². The van der Waals surface area contributed by atoms with E-state index in [1.54, 1.807) is 11.3 Å². The molecular weight excluding hydrogens is 292 g/mol. The van der Waals surface area contributed by atoms with E-state index in [0.29, 0.717) is 18.9 Å². The Bertz CT molecular complexity index is 602. The van der Waals surface area contributed by atoms with E-state index >= 15 is 0 Å². The largest absolute Gasteiger partial charge is 0.352 e. The van der Waals surface area contributed by atoms with Gasteiger partial charge in [-0.2, -0.15) is 0 Å². The zero-order valence-corrected chi connectivity index (χ0v) is 14.4. The summed E-state index contributed by atoms with van der Waals surface area (Å²) in [6.45, 7) is 6.97. The topological polar surface area (TPSA) is 42.0 Å². The van der Waals surface area contributed by atoms with Gasteiger partial charge >= 0.3 is 0 Å². The lowest BCUT2D eigenvalue weighted by Gasteiger charge is -2.07. The van der Waals surface area contributed by atoms with Crippen LogP contribution in [0.3, 0.4) is 0 Å². The van der Waals surface area contributed by atoms with Gasteiger partial charge in [-0.3, -0.25) is 4.79 Å². The molecule has 3 nitrogen and oxygen atoms in total. The molecular formula is C18H24N2OS. The predicted octanol–water partition coefficient (Wildman–Crippen LogP) is 4.42. The van der Waals surface area contributed by atoms with Crippen molar-refractivity contribution in [2.75, 3.05) is 0 Å². The van der Waals surface area contributed by atoms with Gasteiger partial charge in [0.2, 0.25) is 5.91 Å². The van der Waals surface area contributed by atoms with E-state index in [0.717, 1.165) is 34.7 Å². The number of thiazole rings is 1. The van der Waals surface area contributed by atoms with Crippen molar-refractivity contribution in [3.63, 3.8) is 0 Å². The normalized spacial score (nSPS) is 10.9. The first-order chi connectivity index (χ1) is 10.6. The number of nitrogens with zero attached hydrogens (tertiary/aromatic N) is 1. The molecule has 1 aromatic heterocycles. The maximum Gasteiger partial charge on any atom is 0.220 e. The molecule has 118 valence electrons. The van der Waals surface area contributed by atoms with Gasteiger partial charge in [-0.1, -0.05) is 45.0 Å². The molecule has 0 saturated carbocycles. The number of carbonyl (C=O) groups excluding carboxylic acids is 1. The van der Waals surface area contributed by atoms with Crippen LogP contribution in [-0.4, -0.2) is 10.9 Å². The lowest BCUT2D eigenvalue weighted by Crippen LogP contribution is -2.22. The highest BCUT2D eigenvalue weighted by Gasteiger charge is 2.05. The Morgan fingerprint density at radius 1 is 1.27 bits per heavy atom. The van der Waals surface area contributed by atoms with Gasteiger partial charge in [-0.05, 0) is 24.3 Å². The standard InChI is InChI=1S/C18H24N2OS/c1-4-16-12-22-18(20-16)15-8-6-14(7-9-15)11-19-17(21)10-5-13(2)3/h6-9,12-13H,4-5,10-11H2,1-3H3,(H,19,21). The first kappa shape index (κ1) is 16.7. The molecule has 0 atom stereocenters. The monoisotopic (exact) mass is 316 g/mol. The quantitative estimate of drug-likeness (QED) is 0.821. The fourth-order valence-corrected chi connectivity index (χ4v) is 2.99. The van der Waals surface area contributed by atoms with E-state index < -0.39 is 0 Å². The minimum absolute atomic E-state index is 0.130. The third-order valence-electron chi connectivity index (χ3n) is 3.55. The summed E-state index contributed by atoms with van der Waals surface area (Å²) in [7, 11) is 0. The van der Waals surface area contributed by atoms with Crippen molar-refractivity contribution in [1.82, 2.24) is 10.3 Å². The zero-order chi connectivity index (χ0) is 15.9. The number of benzene rings is 1. The summed E-state index contributed by atoms with van der Waals surface area (Å²) >= 11 is 1.68. The minimum Gasteiger partial charge on any atom is -0.352 e. The Kier molecular flexibility index (Phi) is 6.13. The maximum absolute atomic E-state index is 11.7. The van der Waals surface area contributed by atoms with Crippen LogP contribution in [-0.2, 0) is 17.8 Å². The average Bonchev–Trinajstić information content (AvgIpc) is 3.00. The Labute approximate surface area is 136 Å². The molecule has 0 saturated heterocycles. The molecule has 0 aliphatic carbocycles. The molecule has 4 heteroatoms. The highest BCUT2D eigenvalue weighted by Crippen LogP contribution is 2.24. The third-order valence-corrected chi connectivity index (χ3v) is 4.49. The molecule has 1 N–H and O–H groups in total. The SMILES string of the molecule is CCc1csc(-c2ccc(CNC(=O)CCC(C)C)cc2)n1. The van der Waals surface area contributed by atoms with Crippen LogP contribution in [0.25, 0.3) is 10.6 Å². The summed E-state index contributed by atoms with van der Waals surface area (Å²) in [4.78, 5) is 16.3. The number of hydrogen-bond acceptors (Lipinski definition) is 3. The van der Waals surface area contributed by atoms with Crippen molar-refractivity contribution in [2.45, 2.75) is 46.6 Å². The number of aryl methyl sites for hydroxylation is 1. The number of rotatable bonds is 7. The van der Waals surface area contributed by atoms with Crippen LogP contribution in [0.5, 0.6) is 0 Å². The summed E-state index contributed by atoms with van der Waals surface area (Å²) in [5, 5.41) is 6.14. The maximum atomic E-state index is 11.7. The van der Waals surface area contributed by atoms with Gasteiger partial charge < -0.3 is 5.32 Å². The van der Waals surface area contributed by atoms with Crippen LogP contribution >= 0.6 is 11.3 Å². The Morgan fingerprint density at radius 3 is 2.59 bits per heavy atom. The molecule has 0 aliphatic heterocycles. The van der Waals surface area contributed by atoms with E-state index in [1.807, 2.05) is 0 Å². The predicted molar refractivity (Wildman–Crippen MR) is 92.8 cm³/mol. The van der Waals surface area contributed by atoms with Gasteiger partial charge in [-0.15, -0.1) is 11.3 Å². The third kappa shape index (κ3) is 4.95. The zero-order valence-electron chi connectivity index (χ0n) is 13.6. The first-order valence-corrected chi connectivity index (χ1v) is 8.77. The van der Waals surface area contributed by atoms with Gasteiger partial charge in [0.15, 0.2) is 0 Å². The van der Waals surface area contributed by atoms with Crippen LogP contribution in [0.4, 0.5) is 0 Å². The van der Waals surface area contributed by atoms with Crippen molar-refractivity contribution in [2.24, 2.45) is 5.92 Å². The number of carbonyl (C=O) groups is 1. The molecule has 0 aliphatic rings. The summed E-state index contributed by atoms with van der Waals surface area (Å²) in [6.07, 6.45) is 2.51. The van der Waals surface area contributed by atoms with Gasteiger partial charge in [0.1, 0.15) is 5.01 Å². The second kappa shape index (κ2) is 8.08. The van der Waals surface area contributed by atoms with E-state index in [2.05, 4.69) is 60.7 Å². The number of nitrogens with one attached hydrogen (secondary N) is 1. The van der Waals surface area contributed by atoms with Crippen molar-refractivity contribution < 1.29 is 4.79 Å². The van der Waals surface area contributed by atoms with Gasteiger partial charge in [0, 0.05) is 23.9 Å². The molecule has 0 fully saturated rings. The molecule has 0 spiro atoms. The van der Waals surface area contributed by atoms with Crippen LogP contribution in [0.1, 0.15) is 44.9 Å². The van der Waals surface area contributed by atoms with Crippen molar-refractivity contribution in [3.8, 4) is 10.6 Å². The Hall–Kier alpha value is -1.68. The average molecular weight is 316 g/mol. The number of aromatic nitrogens is 1. The second-order valence-corrected chi connectivity index (χ2v) is 6.76. The first-order valence-electron chi connectivity index (χ1n) is 7.89. The lowest BCUT2D eigenvalue weighted by molar-refractivity contribution is -0.121. The Morgan fingerprint density at radius 2 is 2.00 bits per heavy atom. The van der Waals surface area contributed by atoms with Crippen LogP contribution in [0.15, 0.2) is 29.6 Å². The minimum atomic E-state index is 0.130. The lowest BCUT2D eigenvalue weighted by atomic mass is 10.1. The fraction of sp³-hybridized carbons (Fsp3) is 0.444. The molecule has 1 heterocycles. The van der Waals surface area contributed by atoms with E-state index in [9.17, 15) is 4.79 Å². The molecule has 0 bridgehead atoms. The van der Waals surface area contributed by atoms with Crippen LogP contribution in [0, 0.1) is 5.92 Å². The van der Waals surface area contributed by atoms with Gasteiger partial charge in [0.25, 0.3) is 0 Å². The molecule has 1 amide bonds. The molecule has 1 aromatic carbocycles. The van der Waals surface area contributed by atoms with E-state index in [-0.39, 0.29) is 5.91 Å². The second-order valence-electron chi connectivity index (χ2n) is 5.90. The summed E-state index contributed by atoms with van der Waals surface area (Å²) in [6, 6.07) is 8.28. The van der Waals surface area contributed by atoms with E-state index in [1.165, 1.54) is 0 Å². The number of amides is 1. The molecule has 2 rings (SSSR count). The van der Waals surface area contributed by atoms with Crippen molar-refractivity contribution >= 4 is 17.2 Å². The summed E-state index contributed by atoms with van der Waals surface area (Å²) < 4.78 is 0. The highest BCUT2D eigenvalue weighted by molar-refractivity contribution is 7.13. The summed E-state index contributed by atoms with van der Waals surface area (Å²) in [5.41, 5.74) is 3.40. The van der Waals surface area contributed by atoms with Gasteiger partial charge in [0.05, 0.1) is 5.69 Å². The molecule has 0 radical (unpaired) electrons. The van der Waals surface area contributed by atoms with Crippen LogP contribution < -0.4 is 5.32 Å². The summed E-state index contributed by atoms with van der Waals surface area (Å²) in [5.74, 6) is 0.696. The molecule has 22 heavy (non-hydrogen) atoms. The van der Waals surface area contributed by atoms with Crippen molar-refractivity contribution in [3.05, 3.63) is 40.9 Å². The van der Waals surface area contributed by atoms with Crippen LogP contribution in [0.2, 0.25) is 0 Å². The Balaban J connectivity index is 1.88. The van der Waals surface area contributed by atoms with Gasteiger partial charge in [-0.25, -0.2) is 4.98 Å².